The van der Waals surface area contributed by atoms with Crippen molar-refractivity contribution in [3.05, 3.63) is 58.3 Å². The first kappa shape index (κ1) is 18.7. The Kier molecular flexibility index (Phi) is 5.58. The van der Waals surface area contributed by atoms with Crippen molar-refractivity contribution in [2.45, 2.75) is 6.92 Å². The Morgan fingerprint density at radius 1 is 1.04 bits per heavy atom. The second-order valence-electron chi connectivity index (χ2n) is 6.09. The van der Waals surface area contributed by atoms with Crippen LogP contribution in [-0.2, 0) is 0 Å². The van der Waals surface area contributed by atoms with E-state index >= 15 is 0 Å². The van der Waals surface area contributed by atoms with Crippen LogP contribution in [0.4, 0.5) is 11.4 Å². The summed E-state index contributed by atoms with van der Waals surface area (Å²) in [6, 6.07) is 11.8. The molecule has 0 atom stereocenters. The van der Waals surface area contributed by atoms with Crippen molar-refractivity contribution < 1.29 is 15.1 Å². The number of aromatic nitrogens is 2. The lowest BCUT2D eigenvalue weighted by Crippen LogP contribution is -2.30. The molecule has 3 rings (SSSR count). The second-order valence-corrected chi connectivity index (χ2v) is 6.09. The van der Waals surface area contributed by atoms with E-state index in [9.17, 15) is 20.3 Å². The van der Waals surface area contributed by atoms with E-state index in [1.165, 1.54) is 12.1 Å². The fourth-order valence-electron chi connectivity index (χ4n) is 2.94. The second kappa shape index (κ2) is 8.07. The molecule has 0 aliphatic rings. The van der Waals surface area contributed by atoms with Gasteiger partial charge in [0.15, 0.2) is 5.65 Å². The molecular weight excluding hydrogens is 348 g/mol. The number of hydrogen-bond acceptors (Lipinski definition) is 7. The first-order valence-corrected chi connectivity index (χ1v) is 8.53. The number of nitro groups is 1. The molecule has 0 aliphatic heterocycles. The molecule has 140 valence electrons. The first-order valence-electron chi connectivity index (χ1n) is 8.53. The minimum absolute atomic E-state index is 0.0101. The zero-order valence-electron chi connectivity index (χ0n) is 14.9. The highest BCUT2D eigenvalue weighted by molar-refractivity contribution is 5.92. The molecule has 1 aromatic carbocycles. The van der Waals surface area contributed by atoms with E-state index in [-0.39, 0.29) is 18.9 Å². The van der Waals surface area contributed by atoms with Gasteiger partial charge in [-0.3, -0.25) is 10.1 Å². The Morgan fingerprint density at radius 2 is 1.70 bits per heavy atom. The molecule has 27 heavy (non-hydrogen) atoms. The normalized spacial score (nSPS) is 10.9. The van der Waals surface area contributed by atoms with Crippen molar-refractivity contribution >= 4 is 22.4 Å². The third kappa shape index (κ3) is 4.02. The van der Waals surface area contributed by atoms with Crippen LogP contribution in [0.3, 0.4) is 0 Å². The predicted octanol–water partition coefficient (Wildman–Crippen LogP) is 2.30. The average Bonchev–Trinajstić information content (AvgIpc) is 2.66. The van der Waals surface area contributed by atoms with Crippen molar-refractivity contribution in [1.29, 1.82) is 0 Å². The summed E-state index contributed by atoms with van der Waals surface area (Å²) in [6.07, 6.45) is 0. The summed E-state index contributed by atoms with van der Waals surface area (Å²) in [5.41, 5.74) is 3.51. The number of hydrogen-bond donors (Lipinski definition) is 2. The third-order valence-corrected chi connectivity index (χ3v) is 4.24. The van der Waals surface area contributed by atoms with Gasteiger partial charge in [0.25, 0.3) is 5.69 Å². The summed E-state index contributed by atoms with van der Waals surface area (Å²) in [5, 5.41) is 30.5. The third-order valence-electron chi connectivity index (χ3n) is 4.24. The van der Waals surface area contributed by atoms with Gasteiger partial charge < -0.3 is 15.1 Å². The summed E-state index contributed by atoms with van der Waals surface area (Å²) in [4.78, 5) is 21.4. The highest BCUT2D eigenvalue weighted by Gasteiger charge is 2.15. The predicted molar refractivity (Wildman–Crippen MR) is 103 cm³/mol. The van der Waals surface area contributed by atoms with E-state index in [0.29, 0.717) is 24.4 Å². The molecule has 0 aliphatic carbocycles. The molecule has 0 saturated carbocycles. The minimum atomic E-state index is -0.446. The minimum Gasteiger partial charge on any atom is -0.395 e. The Morgan fingerprint density at radius 3 is 2.30 bits per heavy atom. The molecule has 0 unspecified atom stereocenters. The SMILES string of the molecule is Cc1ccc2c(N(CCO)CCO)cc(-c3ccc([N+](=O)[O-])cc3)nc2n1. The first-order chi connectivity index (χ1) is 13.0. The van der Waals surface area contributed by atoms with Crippen LogP contribution in [0.2, 0.25) is 0 Å². The zero-order valence-corrected chi connectivity index (χ0v) is 14.9. The van der Waals surface area contributed by atoms with Crippen molar-refractivity contribution in [3.8, 4) is 11.3 Å². The van der Waals surface area contributed by atoms with Gasteiger partial charge in [-0.15, -0.1) is 0 Å². The Labute approximate surface area is 155 Å². The molecular formula is C19H20N4O4. The molecule has 0 spiro atoms. The van der Waals surface area contributed by atoms with E-state index in [1.807, 2.05) is 30.0 Å². The van der Waals surface area contributed by atoms with Crippen molar-refractivity contribution in [3.63, 3.8) is 0 Å². The van der Waals surface area contributed by atoms with Crippen LogP contribution >= 0.6 is 0 Å². The number of fused-ring (bicyclic) bond motifs is 1. The number of aliphatic hydroxyl groups excluding tert-OH is 2. The molecule has 8 heteroatoms. The van der Waals surface area contributed by atoms with E-state index in [1.54, 1.807) is 12.1 Å². The largest absolute Gasteiger partial charge is 0.395 e. The maximum atomic E-state index is 10.9. The quantitative estimate of drug-likeness (QED) is 0.486. The molecule has 8 nitrogen and oxygen atoms in total. The summed E-state index contributed by atoms with van der Waals surface area (Å²) in [6.45, 7) is 2.46. The Balaban J connectivity index is 2.17. The van der Waals surface area contributed by atoms with Gasteiger partial charge in [-0.25, -0.2) is 9.97 Å². The van der Waals surface area contributed by atoms with Crippen LogP contribution < -0.4 is 4.90 Å². The van der Waals surface area contributed by atoms with E-state index in [4.69, 9.17) is 0 Å². The van der Waals surface area contributed by atoms with Gasteiger partial charge in [0.2, 0.25) is 0 Å². The smallest absolute Gasteiger partial charge is 0.269 e. The summed E-state index contributed by atoms with van der Waals surface area (Å²) < 4.78 is 0. The van der Waals surface area contributed by atoms with Crippen LogP contribution in [0.1, 0.15) is 5.69 Å². The van der Waals surface area contributed by atoms with E-state index < -0.39 is 4.92 Å². The molecule has 2 heterocycles. The number of aryl methyl sites for hydroxylation is 1. The molecule has 0 bridgehead atoms. The zero-order chi connectivity index (χ0) is 19.4. The summed E-state index contributed by atoms with van der Waals surface area (Å²) >= 11 is 0. The number of anilines is 1. The topological polar surface area (TPSA) is 113 Å². The number of benzene rings is 1. The van der Waals surface area contributed by atoms with Crippen LogP contribution in [0.25, 0.3) is 22.3 Å². The molecule has 2 N–H and O–H groups in total. The standard InChI is InChI=1S/C19H20N4O4/c1-13-2-7-16-18(22(8-10-24)9-11-25)12-17(21-19(16)20-13)14-3-5-15(6-4-14)23(26)27/h2-7,12,24-25H,8-11H2,1H3. The number of non-ortho nitro benzene ring substituents is 1. The van der Waals surface area contributed by atoms with Crippen molar-refractivity contribution in [1.82, 2.24) is 9.97 Å². The number of aliphatic hydroxyl groups is 2. The van der Waals surface area contributed by atoms with Gasteiger partial charge in [-0.2, -0.15) is 0 Å². The monoisotopic (exact) mass is 368 g/mol. The van der Waals surface area contributed by atoms with Crippen molar-refractivity contribution in [2.24, 2.45) is 0 Å². The van der Waals surface area contributed by atoms with Gasteiger partial charge >= 0.3 is 0 Å². The molecule has 0 radical (unpaired) electrons. The lowest BCUT2D eigenvalue weighted by molar-refractivity contribution is -0.384. The molecule has 2 aromatic heterocycles. The summed E-state index contributed by atoms with van der Waals surface area (Å²) in [5.74, 6) is 0. The number of nitro benzene ring substituents is 1. The van der Waals surface area contributed by atoms with Crippen LogP contribution in [0.5, 0.6) is 0 Å². The van der Waals surface area contributed by atoms with E-state index in [2.05, 4.69) is 9.97 Å². The highest BCUT2D eigenvalue weighted by Crippen LogP contribution is 2.31. The highest BCUT2D eigenvalue weighted by atomic mass is 16.6. The van der Waals surface area contributed by atoms with Crippen LogP contribution in [0.15, 0.2) is 42.5 Å². The summed E-state index contributed by atoms with van der Waals surface area (Å²) in [7, 11) is 0. The Hall–Kier alpha value is -3.10. The van der Waals surface area contributed by atoms with Gasteiger partial charge in [0.05, 0.1) is 29.5 Å². The van der Waals surface area contributed by atoms with Crippen LogP contribution in [-0.4, -0.2) is 51.4 Å². The molecule has 0 amide bonds. The van der Waals surface area contributed by atoms with Gasteiger partial charge in [-0.05, 0) is 37.3 Å². The number of pyridine rings is 2. The van der Waals surface area contributed by atoms with Gasteiger partial charge in [-0.1, -0.05) is 0 Å². The van der Waals surface area contributed by atoms with Crippen LogP contribution in [0, 0.1) is 17.0 Å². The fraction of sp³-hybridized carbons (Fsp3) is 0.263. The average molecular weight is 368 g/mol. The lowest BCUT2D eigenvalue weighted by Gasteiger charge is -2.25. The maximum Gasteiger partial charge on any atom is 0.269 e. The van der Waals surface area contributed by atoms with E-state index in [0.717, 1.165) is 22.3 Å². The maximum absolute atomic E-state index is 10.9. The van der Waals surface area contributed by atoms with Gasteiger partial charge in [0, 0.05) is 41.9 Å². The Bertz CT molecular complexity index is 954. The molecule has 0 saturated heterocycles. The fourth-order valence-corrected chi connectivity index (χ4v) is 2.94. The molecule has 0 fully saturated rings. The number of nitrogens with zero attached hydrogens (tertiary/aromatic N) is 4. The number of rotatable bonds is 7. The molecule has 3 aromatic rings. The van der Waals surface area contributed by atoms with Crippen molar-refractivity contribution in [2.75, 3.05) is 31.2 Å². The lowest BCUT2D eigenvalue weighted by atomic mass is 10.1. The van der Waals surface area contributed by atoms with Gasteiger partial charge in [0.1, 0.15) is 0 Å².